The van der Waals surface area contributed by atoms with Crippen LogP contribution in [0, 0.1) is 17.2 Å². The molecule has 0 saturated carbocycles. The molecule has 1 rings (SSSR count). The van der Waals surface area contributed by atoms with E-state index in [1.165, 1.54) is 0 Å². The molecule has 0 N–H and O–H groups in total. The van der Waals surface area contributed by atoms with Crippen LogP contribution in [0.25, 0.3) is 0 Å². The fourth-order valence-corrected chi connectivity index (χ4v) is 2.44. The van der Waals surface area contributed by atoms with Gasteiger partial charge in [0.2, 0.25) is 0 Å². The van der Waals surface area contributed by atoms with Crippen molar-refractivity contribution in [2.24, 2.45) is 5.92 Å². The summed E-state index contributed by atoms with van der Waals surface area (Å²) in [6, 6.07) is 9.85. The Bertz CT molecular complexity index is 462. The number of ketones is 1. The van der Waals surface area contributed by atoms with Gasteiger partial charge in [-0.25, -0.2) is 0 Å². The summed E-state index contributed by atoms with van der Waals surface area (Å²) in [5.74, 6) is 0.608. The lowest BCUT2D eigenvalue weighted by Crippen LogP contribution is -2.33. The van der Waals surface area contributed by atoms with E-state index in [1.54, 1.807) is 11.8 Å². The predicted molar refractivity (Wildman–Crippen MR) is 84.1 cm³/mol. The highest BCUT2D eigenvalue weighted by atomic mass is 32.2. The largest absolute Gasteiger partial charge is 0.295 e. The third-order valence-electron chi connectivity index (χ3n) is 2.94. The van der Waals surface area contributed by atoms with Gasteiger partial charge in [0.1, 0.15) is 0 Å². The van der Waals surface area contributed by atoms with E-state index in [2.05, 4.69) is 24.8 Å². The number of thioether (sulfide) groups is 1. The highest BCUT2D eigenvalue weighted by molar-refractivity contribution is 7.98. The molecule has 0 heterocycles. The van der Waals surface area contributed by atoms with Crippen molar-refractivity contribution in [1.82, 2.24) is 4.90 Å². The average Bonchev–Trinajstić information content (AvgIpc) is 2.44. The molecular weight excluding hydrogens is 268 g/mol. The van der Waals surface area contributed by atoms with Crippen molar-refractivity contribution in [3.05, 3.63) is 29.8 Å². The summed E-state index contributed by atoms with van der Waals surface area (Å²) in [4.78, 5) is 15.5. The van der Waals surface area contributed by atoms with Gasteiger partial charge in [0.15, 0.2) is 5.78 Å². The Balaban J connectivity index is 2.65. The number of carbonyl (C=O) groups excluding carboxylic acids is 1. The first-order valence-electron chi connectivity index (χ1n) is 6.83. The SMILES string of the molecule is CSc1ccc(C(=O)CN(CCC#N)CC(C)C)cc1. The fraction of sp³-hybridized carbons (Fsp3) is 0.500. The van der Waals surface area contributed by atoms with Crippen LogP contribution in [0.3, 0.4) is 0 Å². The molecule has 0 radical (unpaired) electrons. The molecule has 1 aromatic carbocycles. The number of benzene rings is 1. The van der Waals surface area contributed by atoms with Crippen molar-refractivity contribution in [2.45, 2.75) is 25.2 Å². The van der Waals surface area contributed by atoms with Crippen LogP contribution in [0.1, 0.15) is 30.6 Å². The molecule has 0 spiro atoms. The average molecular weight is 290 g/mol. The van der Waals surface area contributed by atoms with Gasteiger partial charge in [-0.3, -0.25) is 9.69 Å². The molecular formula is C16H22N2OS. The minimum absolute atomic E-state index is 0.122. The molecule has 0 aromatic heterocycles. The van der Waals surface area contributed by atoms with Crippen molar-refractivity contribution in [3.63, 3.8) is 0 Å². The molecule has 108 valence electrons. The van der Waals surface area contributed by atoms with Crippen LogP contribution in [-0.4, -0.2) is 36.6 Å². The number of rotatable bonds is 8. The molecule has 0 saturated heterocycles. The van der Waals surface area contributed by atoms with Gasteiger partial charge in [-0.05, 0) is 24.3 Å². The maximum atomic E-state index is 12.3. The van der Waals surface area contributed by atoms with E-state index in [4.69, 9.17) is 5.26 Å². The van der Waals surface area contributed by atoms with E-state index >= 15 is 0 Å². The number of hydrogen-bond acceptors (Lipinski definition) is 4. The van der Waals surface area contributed by atoms with Crippen molar-refractivity contribution in [2.75, 3.05) is 25.9 Å². The number of nitriles is 1. The van der Waals surface area contributed by atoms with Crippen LogP contribution in [0.2, 0.25) is 0 Å². The fourth-order valence-electron chi connectivity index (χ4n) is 2.03. The summed E-state index contributed by atoms with van der Waals surface area (Å²) < 4.78 is 0. The molecule has 20 heavy (non-hydrogen) atoms. The standard InChI is InChI=1S/C16H22N2OS/c1-13(2)11-18(10-4-9-17)12-16(19)14-5-7-15(20-3)8-6-14/h5-8,13H,4,10-12H2,1-3H3. The van der Waals surface area contributed by atoms with Crippen LogP contribution < -0.4 is 0 Å². The molecule has 0 atom stereocenters. The van der Waals surface area contributed by atoms with Crippen LogP contribution in [-0.2, 0) is 0 Å². The minimum atomic E-state index is 0.122. The monoisotopic (exact) mass is 290 g/mol. The van der Waals surface area contributed by atoms with E-state index in [-0.39, 0.29) is 5.78 Å². The zero-order valence-electron chi connectivity index (χ0n) is 12.4. The first-order valence-corrected chi connectivity index (χ1v) is 8.05. The third kappa shape index (κ3) is 5.77. The quantitative estimate of drug-likeness (QED) is 0.543. The van der Waals surface area contributed by atoms with Gasteiger partial charge in [-0.2, -0.15) is 5.26 Å². The number of Topliss-reactive ketones (excluding diaryl/α,β-unsaturated/α-hetero) is 1. The highest BCUT2D eigenvalue weighted by Gasteiger charge is 2.13. The van der Waals surface area contributed by atoms with Gasteiger partial charge < -0.3 is 0 Å². The molecule has 0 bridgehead atoms. The summed E-state index contributed by atoms with van der Waals surface area (Å²) in [5, 5.41) is 8.69. The lowest BCUT2D eigenvalue weighted by atomic mass is 10.1. The minimum Gasteiger partial charge on any atom is -0.295 e. The molecule has 4 heteroatoms. The molecule has 0 aliphatic heterocycles. The summed E-state index contributed by atoms with van der Waals surface area (Å²) in [7, 11) is 0. The molecule has 0 fully saturated rings. The van der Waals surface area contributed by atoms with Crippen molar-refractivity contribution < 1.29 is 4.79 Å². The van der Waals surface area contributed by atoms with E-state index in [0.717, 1.165) is 17.0 Å². The lowest BCUT2D eigenvalue weighted by Gasteiger charge is -2.22. The zero-order valence-corrected chi connectivity index (χ0v) is 13.2. The van der Waals surface area contributed by atoms with Crippen molar-refractivity contribution in [1.29, 1.82) is 5.26 Å². The Morgan fingerprint density at radius 3 is 2.50 bits per heavy atom. The lowest BCUT2D eigenvalue weighted by molar-refractivity contribution is 0.0923. The highest BCUT2D eigenvalue weighted by Crippen LogP contribution is 2.15. The smallest absolute Gasteiger partial charge is 0.176 e. The maximum Gasteiger partial charge on any atom is 0.176 e. The Kier molecular flexibility index (Phi) is 7.35. The van der Waals surface area contributed by atoms with E-state index in [9.17, 15) is 4.79 Å². The van der Waals surface area contributed by atoms with Crippen LogP contribution in [0.4, 0.5) is 0 Å². The third-order valence-corrected chi connectivity index (χ3v) is 3.69. The van der Waals surface area contributed by atoms with Gasteiger partial charge in [0.05, 0.1) is 12.6 Å². The number of carbonyl (C=O) groups is 1. The second-order valence-electron chi connectivity index (χ2n) is 5.19. The number of nitrogens with zero attached hydrogens (tertiary/aromatic N) is 2. The maximum absolute atomic E-state index is 12.3. The van der Waals surface area contributed by atoms with Crippen molar-refractivity contribution >= 4 is 17.5 Å². The number of hydrogen-bond donors (Lipinski definition) is 0. The van der Waals surface area contributed by atoms with E-state index in [0.29, 0.717) is 25.4 Å². The first kappa shape index (κ1) is 16.7. The molecule has 0 aliphatic carbocycles. The van der Waals surface area contributed by atoms with Gasteiger partial charge in [-0.15, -0.1) is 11.8 Å². The Morgan fingerprint density at radius 2 is 2.00 bits per heavy atom. The molecule has 0 aliphatic rings. The van der Waals surface area contributed by atoms with Gasteiger partial charge in [-0.1, -0.05) is 26.0 Å². The summed E-state index contributed by atoms with van der Waals surface area (Å²) >= 11 is 1.66. The Labute approximate surface area is 126 Å². The molecule has 0 amide bonds. The van der Waals surface area contributed by atoms with Gasteiger partial charge >= 0.3 is 0 Å². The van der Waals surface area contributed by atoms with E-state index in [1.807, 2.05) is 30.5 Å². The van der Waals surface area contributed by atoms with Crippen LogP contribution in [0.15, 0.2) is 29.2 Å². The second kappa shape index (κ2) is 8.78. The summed E-state index contributed by atoms with van der Waals surface area (Å²) in [5.41, 5.74) is 0.744. The Morgan fingerprint density at radius 1 is 1.35 bits per heavy atom. The summed E-state index contributed by atoms with van der Waals surface area (Å²) in [6.45, 7) is 6.13. The second-order valence-corrected chi connectivity index (χ2v) is 6.07. The zero-order chi connectivity index (χ0) is 15.0. The Hall–Kier alpha value is -1.31. The van der Waals surface area contributed by atoms with Gasteiger partial charge in [0, 0.05) is 30.0 Å². The normalized spacial score (nSPS) is 10.8. The van der Waals surface area contributed by atoms with E-state index < -0.39 is 0 Å². The summed E-state index contributed by atoms with van der Waals surface area (Å²) in [6.07, 6.45) is 2.48. The molecule has 0 unspecified atom stereocenters. The molecule has 3 nitrogen and oxygen atoms in total. The van der Waals surface area contributed by atoms with Crippen molar-refractivity contribution in [3.8, 4) is 6.07 Å². The topological polar surface area (TPSA) is 44.1 Å². The van der Waals surface area contributed by atoms with Crippen LogP contribution >= 0.6 is 11.8 Å². The van der Waals surface area contributed by atoms with Gasteiger partial charge in [0.25, 0.3) is 0 Å². The predicted octanol–water partition coefficient (Wildman–Crippen LogP) is 3.46. The first-order chi connectivity index (χ1) is 9.56. The molecule has 1 aromatic rings. The van der Waals surface area contributed by atoms with Crippen LogP contribution in [0.5, 0.6) is 0 Å².